The Kier molecular flexibility index (Phi) is 5.35. The van der Waals surface area contributed by atoms with Crippen molar-refractivity contribution in [1.29, 1.82) is 0 Å². The van der Waals surface area contributed by atoms with E-state index in [2.05, 4.69) is 15.0 Å². The fraction of sp³-hybridized carbons (Fsp3) is 0.533. The molecule has 1 fully saturated rings. The number of rotatable bonds is 5. The van der Waals surface area contributed by atoms with Gasteiger partial charge in [0, 0.05) is 13.1 Å². The monoisotopic (exact) mass is 280 g/mol. The second kappa shape index (κ2) is 7.24. The third-order valence-corrected chi connectivity index (χ3v) is 3.60. The summed E-state index contributed by atoms with van der Waals surface area (Å²) >= 11 is 0. The summed E-state index contributed by atoms with van der Waals surface area (Å²) in [6.45, 7) is 3.67. The van der Waals surface area contributed by atoms with E-state index in [1.807, 2.05) is 0 Å². The molecular weight excluding hydrogens is 259 g/mol. The smallest absolute Gasteiger partial charge is 0.340 e. The Balaban J connectivity index is 1.95. The lowest BCUT2D eigenvalue weighted by Gasteiger charge is -2.26. The van der Waals surface area contributed by atoms with Crippen LogP contribution in [-0.4, -0.2) is 44.2 Å². The number of esters is 1. The van der Waals surface area contributed by atoms with Crippen LogP contribution in [0, 0.1) is 5.82 Å². The Morgan fingerprint density at radius 2 is 2.10 bits per heavy atom. The van der Waals surface area contributed by atoms with Gasteiger partial charge in [0.05, 0.1) is 18.4 Å². The van der Waals surface area contributed by atoms with E-state index in [1.165, 1.54) is 38.5 Å². The first-order valence-corrected chi connectivity index (χ1v) is 7.05. The van der Waals surface area contributed by atoms with Gasteiger partial charge >= 0.3 is 5.97 Å². The SMILES string of the molecule is COC(=O)c1cccc(F)c1NCCN1CCCCC1. The highest BCUT2D eigenvalue weighted by Gasteiger charge is 2.16. The lowest BCUT2D eigenvalue weighted by Crippen LogP contribution is -2.34. The van der Waals surface area contributed by atoms with E-state index in [0.29, 0.717) is 6.54 Å². The maximum absolute atomic E-state index is 13.8. The summed E-state index contributed by atoms with van der Waals surface area (Å²) in [5, 5.41) is 3.03. The van der Waals surface area contributed by atoms with Gasteiger partial charge in [0.2, 0.25) is 0 Å². The summed E-state index contributed by atoms with van der Waals surface area (Å²) in [6, 6.07) is 4.42. The van der Waals surface area contributed by atoms with Crippen molar-refractivity contribution in [2.45, 2.75) is 19.3 Å². The number of carbonyl (C=O) groups is 1. The number of methoxy groups -OCH3 is 1. The topological polar surface area (TPSA) is 41.6 Å². The van der Waals surface area contributed by atoms with E-state index in [9.17, 15) is 9.18 Å². The minimum absolute atomic E-state index is 0.233. The van der Waals surface area contributed by atoms with E-state index in [4.69, 9.17) is 0 Å². The molecule has 0 spiro atoms. The molecule has 0 unspecified atom stereocenters. The number of anilines is 1. The Morgan fingerprint density at radius 3 is 2.80 bits per heavy atom. The average Bonchev–Trinajstić information content (AvgIpc) is 2.49. The zero-order valence-electron chi connectivity index (χ0n) is 11.8. The van der Waals surface area contributed by atoms with Crippen molar-refractivity contribution >= 4 is 11.7 Å². The van der Waals surface area contributed by atoms with Crippen molar-refractivity contribution in [1.82, 2.24) is 4.90 Å². The molecule has 0 saturated carbocycles. The molecule has 0 atom stereocenters. The number of hydrogen-bond donors (Lipinski definition) is 1. The standard InChI is InChI=1S/C15H21FN2O2/c1-20-15(19)12-6-5-7-13(16)14(12)17-8-11-18-9-3-2-4-10-18/h5-7,17H,2-4,8-11H2,1H3. The largest absolute Gasteiger partial charge is 0.465 e. The van der Waals surface area contributed by atoms with Gasteiger partial charge in [-0.1, -0.05) is 12.5 Å². The van der Waals surface area contributed by atoms with Crippen LogP contribution in [0.1, 0.15) is 29.6 Å². The molecule has 20 heavy (non-hydrogen) atoms. The molecule has 0 radical (unpaired) electrons. The first kappa shape index (κ1) is 14.8. The van der Waals surface area contributed by atoms with Crippen LogP contribution in [0.2, 0.25) is 0 Å². The average molecular weight is 280 g/mol. The number of carbonyl (C=O) groups excluding carboxylic acids is 1. The van der Waals surface area contributed by atoms with Gasteiger partial charge in [-0.2, -0.15) is 0 Å². The molecule has 110 valence electrons. The number of ether oxygens (including phenoxy) is 1. The first-order valence-electron chi connectivity index (χ1n) is 7.05. The van der Waals surface area contributed by atoms with Crippen LogP contribution >= 0.6 is 0 Å². The zero-order valence-corrected chi connectivity index (χ0v) is 11.8. The first-order chi connectivity index (χ1) is 9.72. The van der Waals surface area contributed by atoms with Gasteiger partial charge in [-0.25, -0.2) is 9.18 Å². The van der Waals surface area contributed by atoms with Crippen LogP contribution in [0.25, 0.3) is 0 Å². The lowest BCUT2D eigenvalue weighted by atomic mass is 10.1. The molecular formula is C15H21FN2O2. The number of nitrogens with zero attached hydrogens (tertiary/aromatic N) is 1. The molecule has 0 aromatic heterocycles. The van der Waals surface area contributed by atoms with Crippen molar-refractivity contribution < 1.29 is 13.9 Å². The molecule has 1 saturated heterocycles. The normalized spacial score (nSPS) is 15.9. The molecule has 1 aliphatic rings. The van der Waals surface area contributed by atoms with Gasteiger partial charge in [0.15, 0.2) is 0 Å². The number of halogens is 1. The van der Waals surface area contributed by atoms with Crippen LogP contribution in [-0.2, 0) is 4.74 Å². The molecule has 1 heterocycles. The summed E-state index contributed by atoms with van der Waals surface area (Å²) in [4.78, 5) is 14.0. The van der Waals surface area contributed by atoms with Gasteiger partial charge < -0.3 is 15.0 Å². The predicted molar refractivity (Wildman–Crippen MR) is 76.5 cm³/mol. The van der Waals surface area contributed by atoms with Gasteiger partial charge in [-0.05, 0) is 38.1 Å². The second-order valence-corrected chi connectivity index (χ2v) is 4.98. The van der Waals surface area contributed by atoms with Crippen LogP contribution in [0.4, 0.5) is 10.1 Å². The summed E-state index contributed by atoms with van der Waals surface area (Å²) in [7, 11) is 1.30. The van der Waals surface area contributed by atoms with E-state index >= 15 is 0 Å². The van der Waals surface area contributed by atoms with Crippen molar-refractivity contribution in [3.8, 4) is 0 Å². The molecule has 5 heteroatoms. The third-order valence-electron chi connectivity index (χ3n) is 3.60. The Bertz CT molecular complexity index is 459. The third kappa shape index (κ3) is 3.70. The number of para-hydroxylation sites is 1. The minimum atomic E-state index is -0.523. The maximum Gasteiger partial charge on any atom is 0.340 e. The molecule has 1 aromatic rings. The Hall–Kier alpha value is -1.62. The van der Waals surface area contributed by atoms with Gasteiger partial charge in [-0.15, -0.1) is 0 Å². The fourth-order valence-corrected chi connectivity index (χ4v) is 2.51. The zero-order chi connectivity index (χ0) is 14.4. The fourth-order valence-electron chi connectivity index (χ4n) is 2.51. The second-order valence-electron chi connectivity index (χ2n) is 4.98. The Labute approximate surface area is 118 Å². The number of piperidine rings is 1. The number of benzene rings is 1. The highest BCUT2D eigenvalue weighted by Crippen LogP contribution is 2.20. The minimum Gasteiger partial charge on any atom is -0.465 e. The highest BCUT2D eigenvalue weighted by atomic mass is 19.1. The van der Waals surface area contributed by atoms with Gasteiger partial charge in [-0.3, -0.25) is 0 Å². The predicted octanol–water partition coefficient (Wildman–Crippen LogP) is 2.51. The van der Waals surface area contributed by atoms with Gasteiger partial charge in [0.1, 0.15) is 5.82 Å². The van der Waals surface area contributed by atoms with Crippen LogP contribution < -0.4 is 5.32 Å². The summed E-state index contributed by atoms with van der Waals surface area (Å²) in [6.07, 6.45) is 3.75. The molecule has 0 amide bonds. The molecule has 0 aliphatic carbocycles. The van der Waals surface area contributed by atoms with E-state index < -0.39 is 11.8 Å². The quantitative estimate of drug-likeness (QED) is 0.842. The molecule has 4 nitrogen and oxygen atoms in total. The van der Waals surface area contributed by atoms with E-state index in [1.54, 1.807) is 6.07 Å². The van der Waals surface area contributed by atoms with Crippen molar-refractivity contribution in [3.05, 3.63) is 29.6 Å². The summed E-state index contributed by atoms with van der Waals surface area (Å²) in [5.41, 5.74) is 0.475. The summed E-state index contributed by atoms with van der Waals surface area (Å²) < 4.78 is 18.5. The van der Waals surface area contributed by atoms with Gasteiger partial charge in [0.25, 0.3) is 0 Å². The molecule has 1 N–H and O–H groups in total. The highest BCUT2D eigenvalue weighted by molar-refractivity contribution is 5.95. The van der Waals surface area contributed by atoms with Crippen molar-refractivity contribution in [3.63, 3.8) is 0 Å². The molecule has 2 rings (SSSR count). The molecule has 1 aromatic carbocycles. The molecule has 1 aliphatic heterocycles. The Morgan fingerprint density at radius 1 is 1.35 bits per heavy atom. The van der Waals surface area contributed by atoms with Crippen LogP contribution in [0.15, 0.2) is 18.2 Å². The van der Waals surface area contributed by atoms with Crippen molar-refractivity contribution in [2.75, 3.05) is 38.6 Å². The maximum atomic E-state index is 13.8. The van der Waals surface area contributed by atoms with E-state index in [0.717, 1.165) is 19.6 Å². The van der Waals surface area contributed by atoms with E-state index in [-0.39, 0.29) is 11.3 Å². The summed E-state index contributed by atoms with van der Waals surface area (Å²) in [5.74, 6) is -0.948. The van der Waals surface area contributed by atoms with Crippen LogP contribution in [0.5, 0.6) is 0 Å². The number of likely N-dealkylation sites (tertiary alicyclic amines) is 1. The molecule has 0 bridgehead atoms. The number of hydrogen-bond acceptors (Lipinski definition) is 4. The lowest BCUT2D eigenvalue weighted by molar-refractivity contribution is 0.0601. The number of nitrogens with one attached hydrogen (secondary N) is 1. The van der Waals surface area contributed by atoms with Crippen molar-refractivity contribution in [2.24, 2.45) is 0 Å². The van der Waals surface area contributed by atoms with Crippen LogP contribution in [0.3, 0.4) is 0 Å².